The van der Waals surface area contributed by atoms with Crippen LogP contribution in [0.25, 0.3) is 5.82 Å². The molecular formula is C21H19N5O4. The van der Waals surface area contributed by atoms with E-state index in [0.717, 1.165) is 0 Å². The molecule has 1 aromatic carbocycles. The number of nitrogens with zero attached hydrogens (tertiary/aromatic N) is 4. The first kappa shape index (κ1) is 19.5. The Labute approximate surface area is 172 Å². The van der Waals surface area contributed by atoms with Gasteiger partial charge in [0, 0.05) is 44.4 Å². The lowest BCUT2D eigenvalue weighted by Gasteiger charge is -2.12. The van der Waals surface area contributed by atoms with E-state index in [-0.39, 0.29) is 23.6 Å². The number of aromatic nitrogens is 3. The van der Waals surface area contributed by atoms with Gasteiger partial charge in [-0.15, -0.1) is 0 Å². The number of hydrogen-bond donors (Lipinski definition) is 1. The molecule has 152 valence electrons. The van der Waals surface area contributed by atoms with Gasteiger partial charge in [-0.2, -0.15) is 5.10 Å². The highest BCUT2D eigenvalue weighted by Crippen LogP contribution is 2.25. The van der Waals surface area contributed by atoms with Crippen LogP contribution >= 0.6 is 0 Å². The Morgan fingerprint density at radius 1 is 1.10 bits per heavy atom. The van der Waals surface area contributed by atoms with Crippen LogP contribution in [0, 0.1) is 0 Å². The Bertz CT molecular complexity index is 1110. The molecule has 30 heavy (non-hydrogen) atoms. The van der Waals surface area contributed by atoms with Crippen LogP contribution in [0.5, 0.6) is 0 Å². The number of hydrogen-bond acceptors (Lipinski definition) is 6. The molecule has 1 aliphatic heterocycles. The molecule has 1 aliphatic rings. The van der Waals surface area contributed by atoms with E-state index < -0.39 is 11.8 Å². The van der Waals surface area contributed by atoms with Crippen molar-refractivity contribution in [1.29, 1.82) is 0 Å². The van der Waals surface area contributed by atoms with Crippen molar-refractivity contribution in [2.45, 2.75) is 6.42 Å². The maximum atomic E-state index is 12.8. The first-order valence-electron chi connectivity index (χ1n) is 9.35. The van der Waals surface area contributed by atoms with Gasteiger partial charge >= 0.3 is 0 Å². The molecule has 0 saturated heterocycles. The standard InChI is InChI=1S/C21H19N5O4/c1-30-12-4-10-25-20(28)15-7-6-14(13-16(15)21(25)29)19(27)24-17-5-2-8-22-18(17)26-11-3-9-23-26/h2-3,5-9,11,13H,4,10,12H2,1H3,(H,24,27). The molecule has 0 spiro atoms. The van der Waals surface area contributed by atoms with E-state index in [2.05, 4.69) is 15.4 Å². The Morgan fingerprint density at radius 2 is 1.93 bits per heavy atom. The van der Waals surface area contributed by atoms with Crippen LogP contribution in [0.15, 0.2) is 55.0 Å². The smallest absolute Gasteiger partial charge is 0.261 e. The van der Waals surface area contributed by atoms with Gasteiger partial charge in [0.2, 0.25) is 0 Å². The topological polar surface area (TPSA) is 106 Å². The van der Waals surface area contributed by atoms with Crippen LogP contribution in [0.2, 0.25) is 0 Å². The molecule has 0 saturated carbocycles. The Hall–Kier alpha value is -3.85. The molecule has 9 nitrogen and oxygen atoms in total. The largest absolute Gasteiger partial charge is 0.385 e. The number of nitrogens with one attached hydrogen (secondary N) is 1. The van der Waals surface area contributed by atoms with Crippen LogP contribution in [0.3, 0.4) is 0 Å². The van der Waals surface area contributed by atoms with Crippen LogP contribution < -0.4 is 5.32 Å². The van der Waals surface area contributed by atoms with Gasteiger partial charge in [-0.1, -0.05) is 0 Å². The SMILES string of the molecule is COCCCN1C(=O)c2ccc(C(=O)Nc3cccnc3-n3cccn3)cc2C1=O. The fraction of sp³-hybridized carbons (Fsp3) is 0.190. The van der Waals surface area contributed by atoms with Crippen molar-refractivity contribution < 1.29 is 19.1 Å². The van der Waals surface area contributed by atoms with Crippen molar-refractivity contribution in [3.63, 3.8) is 0 Å². The van der Waals surface area contributed by atoms with E-state index >= 15 is 0 Å². The summed E-state index contributed by atoms with van der Waals surface area (Å²) in [7, 11) is 1.56. The number of anilines is 1. The van der Waals surface area contributed by atoms with Gasteiger partial charge in [-0.3, -0.25) is 19.3 Å². The van der Waals surface area contributed by atoms with Gasteiger partial charge in [0.25, 0.3) is 17.7 Å². The van der Waals surface area contributed by atoms with Gasteiger partial charge in [-0.25, -0.2) is 9.67 Å². The third kappa shape index (κ3) is 3.58. The van der Waals surface area contributed by atoms with Crippen molar-refractivity contribution >= 4 is 23.4 Å². The van der Waals surface area contributed by atoms with Crippen LogP contribution in [-0.4, -0.2) is 57.6 Å². The fourth-order valence-corrected chi connectivity index (χ4v) is 3.27. The Balaban J connectivity index is 1.56. The van der Waals surface area contributed by atoms with Gasteiger partial charge in [0.15, 0.2) is 5.82 Å². The molecule has 2 aromatic heterocycles. The highest BCUT2D eigenvalue weighted by atomic mass is 16.5. The Kier molecular flexibility index (Phi) is 5.36. The highest BCUT2D eigenvalue weighted by molar-refractivity contribution is 6.22. The zero-order valence-corrected chi connectivity index (χ0v) is 16.2. The summed E-state index contributed by atoms with van der Waals surface area (Å²) in [6.07, 6.45) is 5.48. The molecule has 0 atom stereocenters. The van der Waals surface area contributed by atoms with E-state index in [1.165, 1.54) is 23.1 Å². The zero-order valence-electron chi connectivity index (χ0n) is 16.2. The average molecular weight is 405 g/mol. The third-order valence-corrected chi connectivity index (χ3v) is 4.72. The molecule has 0 radical (unpaired) electrons. The first-order chi connectivity index (χ1) is 14.6. The predicted octanol–water partition coefficient (Wildman–Crippen LogP) is 2.15. The maximum absolute atomic E-state index is 12.8. The molecule has 0 aliphatic carbocycles. The lowest BCUT2D eigenvalue weighted by atomic mass is 10.1. The second-order valence-corrected chi connectivity index (χ2v) is 6.65. The van der Waals surface area contributed by atoms with E-state index in [0.29, 0.717) is 30.1 Å². The second-order valence-electron chi connectivity index (χ2n) is 6.65. The average Bonchev–Trinajstić information content (AvgIpc) is 3.37. The van der Waals surface area contributed by atoms with E-state index in [9.17, 15) is 14.4 Å². The number of ether oxygens (including phenoxy) is 1. The second kappa shape index (κ2) is 8.26. The number of amides is 3. The van der Waals surface area contributed by atoms with E-state index in [1.54, 1.807) is 48.6 Å². The Morgan fingerprint density at radius 3 is 2.70 bits per heavy atom. The summed E-state index contributed by atoms with van der Waals surface area (Å²) in [6.45, 7) is 0.718. The van der Waals surface area contributed by atoms with Crippen molar-refractivity contribution in [3.8, 4) is 5.82 Å². The first-order valence-corrected chi connectivity index (χ1v) is 9.35. The minimum Gasteiger partial charge on any atom is -0.385 e. The number of rotatable bonds is 7. The lowest BCUT2D eigenvalue weighted by molar-refractivity contribution is 0.0638. The molecule has 3 amide bonds. The summed E-state index contributed by atoms with van der Waals surface area (Å²) in [4.78, 5) is 43.4. The van der Waals surface area contributed by atoms with Crippen LogP contribution in [0.4, 0.5) is 5.69 Å². The maximum Gasteiger partial charge on any atom is 0.261 e. The lowest BCUT2D eigenvalue weighted by Crippen LogP contribution is -2.31. The molecule has 0 unspecified atom stereocenters. The quantitative estimate of drug-likeness (QED) is 0.477. The molecule has 0 bridgehead atoms. The summed E-state index contributed by atoms with van der Waals surface area (Å²) in [5.74, 6) is -0.712. The van der Waals surface area contributed by atoms with Crippen molar-refractivity contribution in [2.24, 2.45) is 0 Å². The molecule has 0 fully saturated rings. The molecule has 4 rings (SSSR count). The number of carbonyl (C=O) groups is 3. The summed E-state index contributed by atoms with van der Waals surface area (Å²) in [5.41, 5.74) is 1.26. The molecular weight excluding hydrogens is 386 g/mol. The zero-order chi connectivity index (χ0) is 21.1. The third-order valence-electron chi connectivity index (χ3n) is 4.72. The van der Waals surface area contributed by atoms with Crippen molar-refractivity contribution in [2.75, 3.05) is 25.6 Å². The number of imide groups is 1. The molecule has 1 N–H and O–H groups in total. The number of fused-ring (bicyclic) bond motifs is 1. The molecule has 3 aromatic rings. The molecule has 3 heterocycles. The van der Waals surface area contributed by atoms with Crippen molar-refractivity contribution in [1.82, 2.24) is 19.7 Å². The summed E-state index contributed by atoms with van der Waals surface area (Å²) < 4.78 is 6.52. The fourth-order valence-electron chi connectivity index (χ4n) is 3.27. The van der Waals surface area contributed by atoms with Crippen molar-refractivity contribution in [3.05, 3.63) is 71.7 Å². The summed E-state index contributed by atoms with van der Waals surface area (Å²) in [6, 6.07) is 9.65. The minimum absolute atomic E-state index is 0.226. The predicted molar refractivity (Wildman–Crippen MR) is 108 cm³/mol. The molecule has 9 heteroatoms. The number of benzene rings is 1. The highest BCUT2D eigenvalue weighted by Gasteiger charge is 2.35. The van der Waals surface area contributed by atoms with Gasteiger partial charge in [-0.05, 0) is 42.8 Å². The van der Waals surface area contributed by atoms with Gasteiger partial charge in [0.1, 0.15) is 0 Å². The van der Waals surface area contributed by atoms with Crippen LogP contribution in [0.1, 0.15) is 37.5 Å². The number of carbonyl (C=O) groups excluding carboxylic acids is 3. The number of pyridine rings is 1. The van der Waals surface area contributed by atoms with E-state index in [4.69, 9.17) is 4.74 Å². The van der Waals surface area contributed by atoms with Crippen LogP contribution in [-0.2, 0) is 4.74 Å². The summed E-state index contributed by atoms with van der Waals surface area (Å²) >= 11 is 0. The number of methoxy groups -OCH3 is 1. The minimum atomic E-state index is -0.419. The monoisotopic (exact) mass is 405 g/mol. The van der Waals surface area contributed by atoms with E-state index in [1.807, 2.05) is 0 Å². The van der Waals surface area contributed by atoms with Gasteiger partial charge < -0.3 is 10.1 Å². The normalized spacial score (nSPS) is 12.9. The van der Waals surface area contributed by atoms with Gasteiger partial charge in [0.05, 0.1) is 16.8 Å². The summed E-state index contributed by atoms with van der Waals surface area (Å²) in [5, 5.41) is 6.93.